The van der Waals surface area contributed by atoms with E-state index in [-0.39, 0.29) is 5.56 Å². The normalized spacial score (nSPS) is 12.1. The quantitative estimate of drug-likeness (QED) is 0.553. The van der Waals surface area contributed by atoms with Crippen LogP contribution in [-0.2, 0) is 0 Å². The van der Waals surface area contributed by atoms with E-state index in [1.54, 1.807) is 18.2 Å². The van der Waals surface area contributed by atoms with E-state index in [4.69, 9.17) is 16.3 Å². The van der Waals surface area contributed by atoms with Crippen LogP contribution in [0.5, 0.6) is 5.75 Å². The summed E-state index contributed by atoms with van der Waals surface area (Å²) in [7, 11) is 0. The number of hydrogen-bond acceptors (Lipinski definition) is 2. The molecule has 0 saturated heterocycles. The van der Waals surface area contributed by atoms with Crippen molar-refractivity contribution in [2.75, 3.05) is 0 Å². The molecule has 0 aromatic heterocycles. The number of ether oxygens (including phenoxy) is 1. The van der Waals surface area contributed by atoms with Crippen molar-refractivity contribution >= 4 is 17.9 Å². The summed E-state index contributed by atoms with van der Waals surface area (Å²) < 4.78 is 5.41. The zero-order valence-electron chi connectivity index (χ0n) is 8.07. The number of halogens is 1. The first-order valence-electron chi connectivity index (χ1n) is 4.63. The van der Waals surface area contributed by atoms with Gasteiger partial charge in [-0.3, -0.25) is 4.79 Å². The van der Waals surface area contributed by atoms with Gasteiger partial charge in [0.1, 0.15) is 5.75 Å². The molecule has 0 heterocycles. The molecule has 0 aliphatic rings. The van der Waals surface area contributed by atoms with Crippen molar-refractivity contribution < 1.29 is 9.53 Å². The van der Waals surface area contributed by atoms with Gasteiger partial charge in [-0.05, 0) is 18.6 Å². The predicted molar refractivity (Wildman–Crippen MR) is 57.0 cm³/mol. The lowest BCUT2D eigenvalue weighted by molar-refractivity contribution is 0.111. The summed E-state index contributed by atoms with van der Waals surface area (Å²) in [5.41, 5.74) is 0.176. The molecule has 3 heteroatoms. The fraction of sp³-hybridized carbons (Fsp3) is 0.364. The van der Waals surface area contributed by atoms with Crippen molar-refractivity contribution in [1.82, 2.24) is 0 Å². The van der Waals surface area contributed by atoms with Gasteiger partial charge in [0.25, 0.3) is 0 Å². The Kier molecular flexibility index (Phi) is 4.47. The Bertz CT molecular complexity index is 299. The SMILES string of the molecule is CCCC(Cl)Oc1ccccc1C=O. The maximum atomic E-state index is 10.6. The molecule has 1 unspecified atom stereocenters. The van der Waals surface area contributed by atoms with Gasteiger partial charge in [-0.25, -0.2) is 0 Å². The van der Waals surface area contributed by atoms with E-state index in [1.807, 2.05) is 13.0 Å². The second-order valence-electron chi connectivity index (χ2n) is 2.97. The summed E-state index contributed by atoms with van der Waals surface area (Å²) in [6.45, 7) is 2.03. The van der Waals surface area contributed by atoms with Crippen LogP contribution in [0.25, 0.3) is 0 Å². The lowest BCUT2D eigenvalue weighted by Crippen LogP contribution is -2.09. The lowest BCUT2D eigenvalue weighted by Gasteiger charge is -2.12. The average Bonchev–Trinajstić information content (AvgIpc) is 2.19. The summed E-state index contributed by atoms with van der Waals surface area (Å²) in [6.07, 6.45) is 2.50. The molecule has 0 bridgehead atoms. The summed E-state index contributed by atoms with van der Waals surface area (Å²) in [5.74, 6) is 0.552. The van der Waals surface area contributed by atoms with Crippen molar-refractivity contribution in [3.05, 3.63) is 29.8 Å². The second-order valence-corrected chi connectivity index (χ2v) is 3.46. The molecule has 0 amide bonds. The van der Waals surface area contributed by atoms with Gasteiger partial charge < -0.3 is 4.74 Å². The predicted octanol–water partition coefficient (Wildman–Crippen LogP) is 3.24. The van der Waals surface area contributed by atoms with Gasteiger partial charge in [-0.15, -0.1) is 0 Å². The Hall–Kier alpha value is -1.02. The molecule has 1 atom stereocenters. The zero-order chi connectivity index (χ0) is 10.4. The molecule has 1 aromatic carbocycles. The van der Waals surface area contributed by atoms with Gasteiger partial charge in [-0.1, -0.05) is 37.1 Å². The molecule has 14 heavy (non-hydrogen) atoms. The molecule has 0 radical (unpaired) electrons. The van der Waals surface area contributed by atoms with Crippen LogP contribution in [0.2, 0.25) is 0 Å². The maximum Gasteiger partial charge on any atom is 0.172 e. The van der Waals surface area contributed by atoms with Gasteiger partial charge in [0.2, 0.25) is 0 Å². The molecular weight excluding hydrogens is 200 g/mol. The highest BCUT2D eigenvalue weighted by atomic mass is 35.5. The van der Waals surface area contributed by atoms with Crippen molar-refractivity contribution in [3.8, 4) is 5.75 Å². The number of alkyl halides is 1. The molecule has 1 aromatic rings. The monoisotopic (exact) mass is 212 g/mol. The van der Waals surface area contributed by atoms with Crippen LogP contribution in [0, 0.1) is 0 Å². The van der Waals surface area contributed by atoms with E-state index in [1.165, 1.54) is 0 Å². The largest absolute Gasteiger partial charge is 0.474 e. The molecule has 0 spiro atoms. The summed E-state index contributed by atoms with van der Waals surface area (Å²) >= 11 is 5.91. The number of aldehydes is 1. The number of carbonyl (C=O) groups is 1. The molecule has 1 rings (SSSR count). The molecule has 0 N–H and O–H groups in total. The Morgan fingerprint density at radius 1 is 1.50 bits per heavy atom. The third-order valence-electron chi connectivity index (χ3n) is 1.82. The highest BCUT2D eigenvalue weighted by Crippen LogP contribution is 2.20. The zero-order valence-corrected chi connectivity index (χ0v) is 8.83. The number of rotatable bonds is 5. The van der Waals surface area contributed by atoms with E-state index in [0.29, 0.717) is 11.3 Å². The Balaban J connectivity index is 2.70. The third kappa shape index (κ3) is 3.04. The smallest absolute Gasteiger partial charge is 0.172 e. The van der Waals surface area contributed by atoms with Crippen LogP contribution in [0.1, 0.15) is 30.1 Å². The molecule has 0 fully saturated rings. The average molecular weight is 213 g/mol. The molecule has 0 aliphatic heterocycles. The Morgan fingerprint density at radius 3 is 2.86 bits per heavy atom. The minimum Gasteiger partial charge on any atom is -0.474 e. The van der Waals surface area contributed by atoms with Crippen molar-refractivity contribution in [2.45, 2.75) is 25.3 Å². The Labute approximate surface area is 88.8 Å². The first-order chi connectivity index (χ1) is 6.77. The summed E-state index contributed by atoms with van der Waals surface area (Å²) in [6, 6.07) is 7.06. The highest BCUT2D eigenvalue weighted by molar-refractivity contribution is 6.19. The van der Waals surface area contributed by atoms with Gasteiger partial charge in [-0.2, -0.15) is 0 Å². The van der Waals surface area contributed by atoms with E-state index < -0.39 is 0 Å². The van der Waals surface area contributed by atoms with E-state index in [0.717, 1.165) is 19.1 Å². The third-order valence-corrected chi connectivity index (χ3v) is 2.12. The van der Waals surface area contributed by atoms with E-state index in [9.17, 15) is 4.79 Å². The van der Waals surface area contributed by atoms with E-state index >= 15 is 0 Å². The summed E-state index contributed by atoms with van der Waals surface area (Å²) in [4.78, 5) is 10.6. The van der Waals surface area contributed by atoms with Gasteiger partial charge in [0.15, 0.2) is 11.8 Å². The Morgan fingerprint density at radius 2 is 2.21 bits per heavy atom. The van der Waals surface area contributed by atoms with Gasteiger partial charge in [0, 0.05) is 0 Å². The number of benzene rings is 1. The van der Waals surface area contributed by atoms with Crippen molar-refractivity contribution in [3.63, 3.8) is 0 Å². The standard InChI is InChI=1S/C11H13ClO2/c1-2-5-11(12)14-10-7-4-3-6-9(10)8-13/h3-4,6-8,11H,2,5H2,1H3. The first-order valence-corrected chi connectivity index (χ1v) is 5.06. The summed E-state index contributed by atoms with van der Waals surface area (Å²) in [5, 5.41) is 0. The molecule has 0 saturated carbocycles. The van der Waals surface area contributed by atoms with Crippen LogP contribution < -0.4 is 4.74 Å². The van der Waals surface area contributed by atoms with Crippen molar-refractivity contribution in [1.29, 1.82) is 0 Å². The molecular formula is C11H13ClO2. The van der Waals surface area contributed by atoms with Crippen LogP contribution in [0.4, 0.5) is 0 Å². The fourth-order valence-corrected chi connectivity index (χ4v) is 1.42. The lowest BCUT2D eigenvalue weighted by atomic mass is 10.2. The first kappa shape index (κ1) is 11.1. The number of para-hydroxylation sites is 1. The minimum absolute atomic E-state index is 0.360. The van der Waals surface area contributed by atoms with Crippen LogP contribution >= 0.6 is 11.6 Å². The van der Waals surface area contributed by atoms with Crippen LogP contribution in [0.3, 0.4) is 0 Å². The molecule has 76 valence electrons. The van der Waals surface area contributed by atoms with Crippen LogP contribution in [-0.4, -0.2) is 11.8 Å². The molecule has 0 aliphatic carbocycles. The maximum absolute atomic E-state index is 10.6. The van der Waals surface area contributed by atoms with Crippen LogP contribution in [0.15, 0.2) is 24.3 Å². The van der Waals surface area contributed by atoms with E-state index in [2.05, 4.69) is 0 Å². The number of carbonyl (C=O) groups excluding carboxylic acids is 1. The highest BCUT2D eigenvalue weighted by Gasteiger charge is 2.07. The fourth-order valence-electron chi connectivity index (χ4n) is 1.11. The second kappa shape index (κ2) is 5.66. The van der Waals surface area contributed by atoms with Gasteiger partial charge in [0.05, 0.1) is 5.56 Å². The molecule has 2 nitrogen and oxygen atoms in total. The number of hydrogen-bond donors (Lipinski definition) is 0. The van der Waals surface area contributed by atoms with Gasteiger partial charge >= 0.3 is 0 Å². The minimum atomic E-state index is -0.360. The van der Waals surface area contributed by atoms with Crippen molar-refractivity contribution in [2.24, 2.45) is 0 Å². The topological polar surface area (TPSA) is 26.3 Å².